The molecule has 0 saturated heterocycles. The molecule has 0 aliphatic carbocycles. The molecule has 0 saturated carbocycles. The second-order valence-corrected chi connectivity index (χ2v) is 4.00. The maximum absolute atomic E-state index is 11.5. The zero-order chi connectivity index (χ0) is 15.0. The van der Waals surface area contributed by atoms with Crippen molar-refractivity contribution in [2.24, 2.45) is 0 Å². The van der Waals surface area contributed by atoms with Crippen molar-refractivity contribution in [3.63, 3.8) is 0 Å². The van der Waals surface area contributed by atoms with Gasteiger partial charge < -0.3 is 14.8 Å². The van der Waals surface area contributed by atoms with Crippen LogP contribution < -0.4 is 10.1 Å². The number of nitrogens with one attached hydrogen (secondary N) is 1. The first-order valence-corrected chi connectivity index (χ1v) is 6.22. The van der Waals surface area contributed by atoms with Crippen molar-refractivity contribution in [2.75, 3.05) is 13.2 Å². The molecule has 1 aromatic rings. The molecule has 1 aromatic carbocycles. The third-order valence-corrected chi connectivity index (χ3v) is 2.40. The van der Waals surface area contributed by atoms with Gasteiger partial charge in [-0.25, -0.2) is 4.79 Å². The van der Waals surface area contributed by atoms with E-state index in [1.807, 2.05) is 0 Å². The van der Waals surface area contributed by atoms with Crippen LogP contribution in [0.3, 0.4) is 0 Å². The van der Waals surface area contributed by atoms with Gasteiger partial charge in [0.05, 0.1) is 0 Å². The summed E-state index contributed by atoms with van der Waals surface area (Å²) in [5.41, 5.74) is 0.518. The van der Waals surface area contributed by atoms with E-state index in [0.717, 1.165) is 0 Å². The molecule has 0 aliphatic rings. The van der Waals surface area contributed by atoms with E-state index in [1.165, 1.54) is 6.92 Å². The van der Waals surface area contributed by atoms with Gasteiger partial charge in [0.2, 0.25) is 0 Å². The normalized spacial score (nSPS) is 11.3. The topological polar surface area (TPSA) is 81.7 Å². The van der Waals surface area contributed by atoms with Crippen molar-refractivity contribution >= 4 is 18.2 Å². The highest BCUT2D eigenvalue weighted by Crippen LogP contribution is 2.11. The molecule has 0 aromatic heterocycles. The second-order valence-electron chi connectivity index (χ2n) is 4.00. The van der Waals surface area contributed by atoms with Crippen molar-refractivity contribution in [1.29, 1.82) is 0 Å². The monoisotopic (exact) mass is 279 g/mol. The molecule has 1 amide bonds. The number of hydrogen-bond donors (Lipinski definition) is 1. The Hall–Kier alpha value is -2.37. The van der Waals surface area contributed by atoms with Crippen LogP contribution in [0.4, 0.5) is 0 Å². The summed E-state index contributed by atoms with van der Waals surface area (Å²) in [5.74, 6) is -0.544. The van der Waals surface area contributed by atoms with Crippen LogP contribution in [-0.2, 0) is 14.3 Å². The molecule has 1 N–H and O–H groups in total. The Labute approximate surface area is 117 Å². The standard InChI is InChI=1S/C14H17NO5/c1-3-15-14(18)10(2)20-13(17)9-19-12-6-4-11(8-16)5-7-12/h4-8,10H,3,9H2,1-2H3,(H,15,18)/t10-/m0/s1. The Morgan fingerprint density at radius 2 is 1.95 bits per heavy atom. The lowest BCUT2D eigenvalue weighted by molar-refractivity contribution is -0.156. The zero-order valence-electron chi connectivity index (χ0n) is 11.4. The van der Waals surface area contributed by atoms with Gasteiger partial charge in [-0.1, -0.05) is 0 Å². The van der Waals surface area contributed by atoms with Gasteiger partial charge in [-0.15, -0.1) is 0 Å². The number of aldehydes is 1. The smallest absolute Gasteiger partial charge is 0.344 e. The molecule has 1 rings (SSSR count). The number of ether oxygens (including phenoxy) is 2. The quantitative estimate of drug-likeness (QED) is 0.593. The van der Waals surface area contributed by atoms with E-state index in [-0.39, 0.29) is 12.5 Å². The molecular weight excluding hydrogens is 262 g/mol. The van der Waals surface area contributed by atoms with E-state index >= 15 is 0 Å². The Morgan fingerprint density at radius 3 is 2.50 bits per heavy atom. The Balaban J connectivity index is 2.38. The van der Waals surface area contributed by atoms with Gasteiger partial charge in [-0.05, 0) is 38.1 Å². The van der Waals surface area contributed by atoms with Crippen LogP contribution >= 0.6 is 0 Å². The highest BCUT2D eigenvalue weighted by Gasteiger charge is 2.17. The molecule has 0 spiro atoms. The first-order valence-electron chi connectivity index (χ1n) is 6.22. The summed E-state index contributed by atoms with van der Waals surface area (Å²) in [6.45, 7) is 3.44. The van der Waals surface area contributed by atoms with Gasteiger partial charge in [-0.3, -0.25) is 9.59 Å². The minimum atomic E-state index is -0.858. The van der Waals surface area contributed by atoms with Crippen LogP contribution in [0.1, 0.15) is 24.2 Å². The van der Waals surface area contributed by atoms with Crippen LogP contribution in [0.5, 0.6) is 5.75 Å². The van der Waals surface area contributed by atoms with Crippen LogP contribution in [0.15, 0.2) is 24.3 Å². The third-order valence-electron chi connectivity index (χ3n) is 2.40. The van der Waals surface area contributed by atoms with Gasteiger partial charge in [0.1, 0.15) is 12.0 Å². The van der Waals surface area contributed by atoms with Gasteiger partial charge in [0.25, 0.3) is 5.91 Å². The number of benzene rings is 1. The SMILES string of the molecule is CCNC(=O)[C@H](C)OC(=O)COc1ccc(C=O)cc1. The summed E-state index contributed by atoms with van der Waals surface area (Å²) >= 11 is 0. The molecule has 6 nitrogen and oxygen atoms in total. The molecule has 0 radical (unpaired) electrons. The average molecular weight is 279 g/mol. The minimum Gasteiger partial charge on any atom is -0.482 e. The van der Waals surface area contributed by atoms with Gasteiger partial charge in [0.15, 0.2) is 12.7 Å². The zero-order valence-corrected chi connectivity index (χ0v) is 11.4. The summed E-state index contributed by atoms with van der Waals surface area (Å²) in [7, 11) is 0. The maximum Gasteiger partial charge on any atom is 0.344 e. The van der Waals surface area contributed by atoms with E-state index in [2.05, 4.69) is 5.32 Å². The lowest BCUT2D eigenvalue weighted by Crippen LogP contribution is -2.36. The van der Waals surface area contributed by atoms with E-state index in [1.54, 1.807) is 31.2 Å². The van der Waals surface area contributed by atoms with E-state index < -0.39 is 12.1 Å². The Bertz CT molecular complexity index is 469. The average Bonchev–Trinajstić information content (AvgIpc) is 2.45. The predicted octanol–water partition coefficient (Wildman–Crippen LogP) is 0.946. The molecule has 0 unspecified atom stereocenters. The molecule has 20 heavy (non-hydrogen) atoms. The molecule has 0 bridgehead atoms. The molecule has 0 fully saturated rings. The van der Waals surface area contributed by atoms with E-state index in [4.69, 9.17) is 9.47 Å². The molecular formula is C14H17NO5. The fourth-order valence-electron chi connectivity index (χ4n) is 1.39. The molecule has 0 aliphatic heterocycles. The van der Waals surface area contributed by atoms with Gasteiger partial charge in [0, 0.05) is 12.1 Å². The molecule has 108 valence electrons. The van der Waals surface area contributed by atoms with E-state index in [9.17, 15) is 14.4 Å². The summed E-state index contributed by atoms with van der Waals surface area (Å²) in [6, 6.07) is 6.30. The lowest BCUT2D eigenvalue weighted by Gasteiger charge is -2.13. The number of esters is 1. The molecule has 1 atom stereocenters. The fourth-order valence-corrected chi connectivity index (χ4v) is 1.39. The minimum absolute atomic E-state index is 0.301. The van der Waals surface area contributed by atoms with Crippen molar-refractivity contribution < 1.29 is 23.9 Å². The van der Waals surface area contributed by atoms with E-state index in [0.29, 0.717) is 24.1 Å². The number of carbonyl (C=O) groups is 3. The largest absolute Gasteiger partial charge is 0.482 e. The Kier molecular flexibility index (Phi) is 6.22. The number of carbonyl (C=O) groups excluding carboxylic acids is 3. The summed E-state index contributed by atoms with van der Waals surface area (Å²) in [5, 5.41) is 2.55. The van der Waals surface area contributed by atoms with Crippen molar-refractivity contribution in [1.82, 2.24) is 5.32 Å². The van der Waals surface area contributed by atoms with Crippen LogP contribution in [0, 0.1) is 0 Å². The van der Waals surface area contributed by atoms with Crippen LogP contribution in [0.25, 0.3) is 0 Å². The second kappa shape index (κ2) is 7.93. The number of likely N-dealkylation sites (N-methyl/N-ethyl adjacent to an activating group) is 1. The summed E-state index contributed by atoms with van der Waals surface area (Å²) < 4.78 is 10.1. The van der Waals surface area contributed by atoms with Gasteiger partial charge in [-0.2, -0.15) is 0 Å². The third kappa shape index (κ3) is 5.09. The summed E-state index contributed by atoms with van der Waals surface area (Å²) in [4.78, 5) is 33.3. The molecule has 0 heterocycles. The van der Waals surface area contributed by atoms with Crippen LogP contribution in [0.2, 0.25) is 0 Å². The summed E-state index contributed by atoms with van der Waals surface area (Å²) in [6.07, 6.45) is -0.144. The maximum atomic E-state index is 11.5. The fraction of sp³-hybridized carbons (Fsp3) is 0.357. The highest BCUT2D eigenvalue weighted by atomic mass is 16.6. The van der Waals surface area contributed by atoms with Crippen molar-refractivity contribution in [2.45, 2.75) is 20.0 Å². The number of amides is 1. The number of hydrogen-bond acceptors (Lipinski definition) is 5. The highest BCUT2D eigenvalue weighted by molar-refractivity contribution is 5.83. The van der Waals surface area contributed by atoms with Crippen molar-refractivity contribution in [3.05, 3.63) is 29.8 Å². The predicted molar refractivity (Wildman–Crippen MR) is 71.6 cm³/mol. The number of rotatable bonds is 7. The molecule has 6 heteroatoms. The Morgan fingerprint density at radius 1 is 1.30 bits per heavy atom. The van der Waals surface area contributed by atoms with Crippen molar-refractivity contribution in [3.8, 4) is 5.75 Å². The lowest BCUT2D eigenvalue weighted by atomic mass is 10.2. The first kappa shape index (κ1) is 15.7. The van der Waals surface area contributed by atoms with Crippen LogP contribution in [-0.4, -0.2) is 37.4 Å². The van der Waals surface area contributed by atoms with Gasteiger partial charge >= 0.3 is 5.97 Å². The first-order chi connectivity index (χ1) is 9.56.